The summed E-state index contributed by atoms with van der Waals surface area (Å²) in [5, 5.41) is 10.7. The number of thiazole rings is 1. The van der Waals surface area contributed by atoms with E-state index in [9.17, 15) is 5.11 Å². The van der Waals surface area contributed by atoms with Gasteiger partial charge in [0.25, 0.3) is 5.70 Å². The molecule has 0 spiro atoms. The van der Waals surface area contributed by atoms with E-state index in [1.807, 2.05) is 32.0 Å². The van der Waals surface area contributed by atoms with E-state index >= 15 is 0 Å². The Hall–Kier alpha value is -2.12. The lowest BCUT2D eigenvalue weighted by atomic mass is 10.1. The Morgan fingerprint density at radius 2 is 1.94 bits per heavy atom. The van der Waals surface area contributed by atoms with Crippen LogP contribution in [0.15, 0.2) is 30.3 Å². The van der Waals surface area contributed by atoms with E-state index in [1.165, 1.54) is 11.3 Å². The predicted molar refractivity (Wildman–Crippen MR) is 74.1 cm³/mol. The Kier molecular flexibility index (Phi) is 3.45. The second-order valence-electron chi connectivity index (χ2n) is 3.84. The molecular formula is C14H12N2OS. The van der Waals surface area contributed by atoms with Crippen molar-refractivity contribution in [3.05, 3.63) is 62.9 Å². The van der Waals surface area contributed by atoms with E-state index in [0.717, 1.165) is 10.6 Å². The van der Waals surface area contributed by atoms with Crippen LogP contribution in [0.3, 0.4) is 0 Å². The molecule has 0 aliphatic carbocycles. The molecule has 18 heavy (non-hydrogen) atoms. The van der Waals surface area contributed by atoms with E-state index < -0.39 is 0 Å². The molecule has 0 fully saturated rings. The lowest BCUT2D eigenvalue weighted by molar-refractivity contribution is 0.514. The van der Waals surface area contributed by atoms with Gasteiger partial charge in [0.2, 0.25) is 0 Å². The number of hydrogen-bond donors (Lipinski definition) is 1. The van der Waals surface area contributed by atoms with Crippen LogP contribution in [0.5, 0.6) is 0 Å². The summed E-state index contributed by atoms with van der Waals surface area (Å²) < 4.78 is 0. The molecule has 4 heteroatoms. The fourth-order valence-electron chi connectivity index (χ4n) is 1.51. The van der Waals surface area contributed by atoms with Gasteiger partial charge in [0.05, 0.1) is 12.3 Å². The van der Waals surface area contributed by atoms with Crippen LogP contribution in [0.2, 0.25) is 0 Å². The molecule has 0 saturated carbocycles. The summed E-state index contributed by atoms with van der Waals surface area (Å²) in [6.07, 6.45) is 0. The van der Waals surface area contributed by atoms with Gasteiger partial charge in [-0.15, -0.1) is 11.3 Å². The number of rotatable bonds is 2. The molecule has 1 heterocycles. The third kappa shape index (κ3) is 2.27. The normalized spacial score (nSPS) is 11.8. The second kappa shape index (κ2) is 5.03. The Morgan fingerprint density at radius 1 is 1.28 bits per heavy atom. The van der Waals surface area contributed by atoms with Gasteiger partial charge in [0.1, 0.15) is 10.8 Å². The molecule has 0 radical (unpaired) electrons. The summed E-state index contributed by atoms with van der Waals surface area (Å²) in [5.41, 5.74) is 1.74. The number of aryl methyl sites for hydroxylation is 2. The molecule has 1 aromatic heterocycles. The maximum atomic E-state index is 10.2. The maximum absolute atomic E-state index is 10.2. The maximum Gasteiger partial charge on any atom is 0.263 e. The zero-order valence-corrected chi connectivity index (χ0v) is 11.0. The van der Waals surface area contributed by atoms with Crippen LogP contribution in [0.1, 0.15) is 21.1 Å². The average Bonchev–Trinajstić information content (AvgIpc) is 2.71. The van der Waals surface area contributed by atoms with Gasteiger partial charge in [0.15, 0.2) is 0 Å². The van der Waals surface area contributed by atoms with Crippen LogP contribution in [-0.4, -0.2) is 10.1 Å². The van der Waals surface area contributed by atoms with E-state index in [2.05, 4.69) is 9.83 Å². The van der Waals surface area contributed by atoms with Crippen LogP contribution in [0, 0.1) is 20.4 Å². The molecule has 1 N–H and O–H groups in total. The molecule has 2 aromatic rings. The van der Waals surface area contributed by atoms with Crippen molar-refractivity contribution in [3.63, 3.8) is 0 Å². The molecule has 0 aliphatic heterocycles. The van der Waals surface area contributed by atoms with Crippen molar-refractivity contribution >= 4 is 22.8 Å². The van der Waals surface area contributed by atoms with Crippen molar-refractivity contribution in [1.82, 2.24) is 4.98 Å². The van der Waals surface area contributed by atoms with Gasteiger partial charge in [-0.25, -0.2) is 4.85 Å². The highest BCUT2D eigenvalue weighted by Crippen LogP contribution is 2.29. The molecule has 2 rings (SSSR count). The van der Waals surface area contributed by atoms with Gasteiger partial charge in [0, 0.05) is 10.4 Å². The van der Waals surface area contributed by atoms with E-state index in [4.69, 9.17) is 6.57 Å². The standard InChI is InChI=1S/C14H12N2OS/c1-9-10(2)18-14(16-9)12(15-3)13(17)11-7-5-4-6-8-11/h4-8,17H,1-2H3. The molecule has 0 amide bonds. The smallest absolute Gasteiger partial charge is 0.263 e. The number of hydrogen-bond acceptors (Lipinski definition) is 3. The first-order chi connectivity index (χ1) is 8.63. The fourth-order valence-corrected chi connectivity index (χ4v) is 2.41. The van der Waals surface area contributed by atoms with Crippen molar-refractivity contribution in [2.45, 2.75) is 13.8 Å². The van der Waals surface area contributed by atoms with Crippen molar-refractivity contribution < 1.29 is 5.11 Å². The largest absolute Gasteiger partial charge is 0.518 e. The highest BCUT2D eigenvalue weighted by atomic mass is 32.1. The van der Waals surface area contributed by atoms with Crippen LogP contribution in [0.4, 0.5) is 0 Å². The van der Waals surface area contributed by atoms with Gasteiger partial charge in [-0.05, 0) is 13.8 Å². The molecular weight excluding hydrogens is 244 g/mol. The molecule has 1 aromatic carbocycles. The Bertz CT molecular complexity index is 616. The first-order valence-corrected chi connectivity index (χ1v) is 6.25. The van der Waals surface area contributed by atoms with Crippen molar-refractivity contribution in [2.75, 3.05) is 0 Å². The Balaban J connectivity index is 2.55. The van der Waals surface area contributed by atoms with Crippen LogP contribution in [-0.2, 0) is 0 Å². The summed E-state index contributed by atoms with van der Waals surface area (Å²) in [6.45, 7) is 11.1. The summed E-state index contributed by atoms with van der Waals surface area (Å²) in [7, 11) is 0. The molecule has 0 atom stereocenters. The summed E-state index contributed by atoms with van der Waals surface area (Å²) in [5.74, 6) is -0.0145. The van der Waals surface area contributed by atoms with Gasteiger partial charge >= 0.3 is 0 Å². The minimum absolute atomic E-state index is 0.0145. The number of aliphatic hydroxyl groups is 1. The number of benzene rings is 1. The number of aliphatic hydroxyl groups excluding tert-OH is 1. The highest BCUT2D eigenvalue weighted by Gasteiger charge is 2.15. The van der Waals surface area contributed by atoms with E-state index in [1.54, 1.807) is 12.1 Å². The Labute approximate surface area is 110 Å². The minimum atomic E-state index is -0.0145. The highest BCUT2D eigenvalue weighted by molar-refractivity contribution is 7.12. The van der Waals surface area contributed by atoms with Crippen LogP contribution < -0.4 is 0 Å². The number of aromatic nitrogens is 1. The van der Waals surface area contributed by atoms with Gasteiger partial charge < -0.3 is 5.11 Å². The third-order valence-corrected chi connectivity index (χ3v) is 3.69. The van der Waals surface area contributed by atoms with Gasteiger partial charge in [-0.1, -0.05) is 30.3 Å². The molecule has 0 bridgehead atoms. The third-order valence-electron chi connectivity index (χ3n) is 2.61. The topological polar surface area (TPSA) is 37.5 Å². The predicted octanol–water partition coefficient (Wildman–Crippen LogP) is 4.06. The van der Waals surface area contributed by atoms with Crippen molar-refractivity contribution in [2.24, 2.45) is 0 Å². The summed E-state index contributed by atoms with van der Waals surface area (Å²) in [6, 6.07) is 9.06. The minimum Gasteiger partial charge on any atom is -0.518 e. The molecule has 0 aliphatic rings. The zero-order valence-electron chi connectivity index (χ0n) is 10.1. The van der Waals surface area contributed by atoms with Gasteiger partial charge in [-0.3, -0.25) is 4.98 Å². The molecule has 0 saturated heterocycles. The summed E-state index contributed by atoms with van der Waals surface area (Å²) in [4.78, 5) is 8.79. The number of nitrogens with zero attached hydrogens (tertiary/aromatic N) is 2. The molecule has 0 unspecified atom stereocenters. The van der Waals surface area contributed by atoms with E-state index in [-0.39, 0.29) is 11.5 Å². The lowest BCUT2D eigenvalue weighted by Crippen LogP contribution is -1.88. The van der Waals surface area contributed by atoms with Crippen LogP contribution >= 0.6 is 11.3 Å². The van der Waals surface area contributed by atoms with Crippen molar-refractivity contribution in [1.29, 1.82) is 0 Å². The SMILES string of the molecule is [C-]#[N+]C(=C(O)c1ccccc1)c1nc(C)c(C)s1. The first kappa shape index (κ1) is 12.3. The molecule has 90 valence electrons. The summed E-state index contributed by atoms with van der Waals surface area (Å²) >= 11 is 1.43. The molecule has 3 nitrogen and oxygen atoms in total. The Morgan fingerprint density at radius 3 is 2.44 bits per heavy atom. The lowest BCUT2D eigenvalue weighted by Gasteiger charge is -2.01. The monoisotopic (exact) mass is 256 g/mol. The van der Waals surface area contributed by atoms with Crippen molar-refractivity contribution in [3.8, 4) is 0 Å². The quantitative estimate of drug-likeness (QED) is 0.649. The van der Waals surface area contributed by atoms with Crippen LogP contribution in [0.25, 0.3) is 16.3 Å². The van der Waals surface area contributed by atoms with E-state index in [0.29, 0.717) is 10.6 Å². The van der Waals surface area contributed by atoms with Gasteiger partial charge in [-0.2, -0.15) is 0 Å². The average molecular weight is 256 g/mol. The second-order valence-corrected chi connectivity index (χ2v) is 5.04. The zero-order chi connectivity index (χ0) is 13.1. The fraction of sp³-hybridized carbons (Fsp3) is 0.143. The first-order valence-electron chi connectivity index (χ1n) is 5.44.